The highest BCUT2D eigenvalue weighted by molar-refractivity contribution is 8.26. The van der Waals surface area contributed by atoms with Crippen molar-refractivity contribution in [3.63, 3.8) is 0 Å². The lowest BCUT2D eigenvalue weighted by Gasteiger charge is -2.15. The minimum Gasteiger partial charge on any atom is -0.378 e. The van der Waals surface area contributed by atoms with Crippen molar-refractivity contribution in [3.8, 4) is 0 Å². The molecule has 2 amide bonds. The van der Waals surface area contributed by atoms with Gasteiger partial charge in [-0.3, -0.25) is 20.4 Å². The average Bonchev–Trinajstić information content (AvgIpc) is 3.00. The monoisotopic (exact) mass is 454 g/mol. The molecule has 30 heavy (non-hydrogen) atoms. The summed E-state index contributed by atoms with van der Waals surface area (Å²) in [5.41, 5.74) is 10.4. The topological polar surface area (TPSA) is 159 Å². The number of thioether (sulfide) groups is 2. The van der Waals surface area contributed by atoms with Crippen LogP contribution in [0.25, 0.3) is 0 Å². The van der Waals surface area contributed by atoms with E-state index in [0.717, 1.165) is 42.8 Å². The van der Waals surface area contributed by atoms with Crippen LogP contribution in [0.1, 0.15) is 67.2 Å². The molecule has 10 heteroatoms. The van der Waals surface area contributed by atoms with Gasteiger partial charge in [-0.05, 0) is 55.1 Å². The molecule has 0 unspecified atom stereocenters. The van der Waals surface area contributed by atoms with Crippen LogP contribution in [-0.2, 0) is 9.59 Å². The predicted molar refractivity (Wildman–Crippen MR) is 128 cm³/mol. The first kappa shape index (κ1) is 26.4. The zero-order valence-corrected chi connectivity index (χ0v) is 20.3. The van der Waals surface area contributed by atoms with E-state index < -0.39 is 10.8 Å². The summed E-state index contributed by atoms with van der Waals surface area (Å²) in [7, 11) is 0. The van der Waals surface area contributed by atoms with E-state index in [2.05, 4.69) is 9.98 Å². The summed E-state index contributed by atoms with van der Waals surface area (Å²) in [5.74, 6) is -0.309. The predicted octanol–water partition coefficient (Wildman–Crippen LogP) is 3.99. The summed E-state index contributed by atoms with van der Waals surface area (Å²) in [5, 5.41) is 17.4. The number of nitrogens with two attached hydrogens (primary N) is 2. The van der Waals surface area contributed by atoms with Crippen LogP contribution < -0.4 is 11.5 Å². The van der Waals surface area contributed by atoms with Gasteiger partial charge in [-0.1, -0.05) is 41.5 Å². The number of nitrogens with zero attached hydrogens (tertiary/aromatic N) is 2. The third-order valence-electron chi connectivity index (χ3n) is 4.54. The number of rotatable bonds is 3. The summed E-state index contributed by atoms with van der Waals surface area (Å²) in [4.78, 5) is 31.6. The first-order valence-corrected chi connectivity index (χ1v) is 11.5. The molecule has 0 heterocycles. The van der Waals surface area contributed by atoms with Gasteiger partial charge in [0.2, 0.25) is 0 Å². The van der Waals surface area contributed by atoms with Gasteiger partial charge in [-0.2, -0.15) is 9.98 Å². The van der Waals surface area contributed by atoms with Crippen molar-refractivity contribution in [2.45, 2.75) is 67.2 Å². The van der Waals surface area contributed by atoms with E-state index in [1.54, 1.807) is 41.5 Å². The Morgan fingerprint density at radius 1 is 0.900 bits per heavy atom. The maximum atomic E-state index is 11.9. The van der Waals surface area contributed by atoms with Gasteiger partial charge in [0, 0.05) is 16.7 Å². The molecule has 0 aliphatic heterocycles. The van der Waals surface area contributed by atoms with E-state index in [0.29, 0.717) is 16.5 Å². The number of nitrogens with one attached hydrogen (secondary N) is 2. The molecule has 1 rings (SSSR count). The second-order valence-electron chi connectivity index (χ2n) is 9.58. The fraction of sp³-hybridized carbons (Fsp3) is 0.700. The Hall–Kier alpha value is -1.68. The summed E-state index contributed by atoms with van der Waals surface area (Å²) in [6, 6.07) is 0. The maximum Gasteiger partial charge on any atom is 0.253 e. The molecule has 0 saturated heterocycles. The van der Waals surface area contributed by atoms with Crippen molar-refractivity contribution in [1.82, 2.24) is 0 Å². The van der Waals surface area contributed by atoms with E-state index in [4.69, 9.17) is 22.3 Å². The number of hydrogen-bond donors (Lipinski definition) is 4. The number of aliphatic imine (C=N–C) groups is 2. The van der Waals surface area contributed by atoms with E-state index in [-0.39, 0.29) is 34.0 Å². The van der Waals surface area contributed by atoms with Gasteiger partial charge in [-0.15, -0.1) is 0 Å². The Bertz CT molecular complexity index is 762. The van der Waals surface area contributed by atoms with Crippen molar-refractivity contribution >= 4 is 55.8 Å². The normalized spacial score (nSPS) is 20.9. The molecule has 2 atom stereocenters. The van der Waals surface area contributed by atoms with Crippen LogP contribution in [0.15, 0.2) is 9.98 Å². The van der Waals surface area contributed by atoms with Gasteiger partial charge in [-0.25, -0.2) is 0 Å². The van der Waals surface area contributed by atoms with Crippen molar-refractivity contribution < 1.29 is 9.59 Å². The van der Waals surface area contributed by atoms with Gasteiger partial charge in [0.05, 0.1) is 10.1 Å². The minimum absolute atomic E-state index is 0.0461. The molecule has 8 nitrogen and oxygen atoms in total. The lowest BCUT2D eigenvalue weighted by molar-refractivity contribution is -0.125. The van der Waals surface area contributed by atoms with Crippen LogP contribution in [0.2, 0.25) is 0 Å². The van der Waals surface area contributed by atoms with Crippen molar-refractivity contribution in [2.24, 2.45) is 44.1 Å². The molecule has 0 bridgehead atoms. The zero-order chi connectivity index (χ0) is 23.3. The molecule has 1 aliphatic rings. The number of amides is 2. The molecule has 168 valence electrons. The van der Waals surface area contributed by atoms with Crippen molar-refractivity contribution in [1.29, 1.82) is 10.8 Å². The molecular weight excluding hydrogens is 420 g/mol. The smallest absolute Gasteiger partial charge is 0.253 e. The van der Waals surface area contributed by atoms with Crippen LogP contribution in [0.5, 0.6) is 0 Å². The van der Waals surface area contributed by atoms with Crippen molar-refractivity contribution in [3.05, 3.63) is 0 Å². The molecule has 1 fully saturated rings. The zero-order valence-electron chi connectivity index (χ0n) is 18.7. The Morgan fingerprint density at radius 3 is 1.83 bits per heavy atom. The summed E-state index contributed by atoms with van der Waals surface area (Å²) >= 11 is 2.05. The second kappa shape index (κ2) is 10.6. The Balaban J connectivity index is 2.54. The highest BCUT2D eigenvalue weighted by Gasteiger charge is 2.30. The SMILES string of the molecule is CC(C)(C)C(=O)N=C(N)SC(=N)C[C@H]1CC[C@@H](C(=N)SC(N)=NC(=O)C(C)(C)C)C1. The molecule has 1 saturated carbocycles. The number of carbonyl (C=O) groups is 2. The number of hydrogen-bond acceptors (Lipinski definition) is 6. The fourth-order valence-electron chi connectivity index (χ4n) is 2.71. The Labute approximate surface area is 187 Å². The van der Waals surface area contributed by atoms with E-state index in [1.807, 2.05) is 0 Å². The maximum absolute atomic E-state index is 11.9. The summed E-state index contributed by atoms with van der Waals surface area (Å²) < 4.78 is 0. The van der Waals surface area contributed by atoms with Crippen LogP contribution >= 0.6 is 23.5 Å². The third-order valence-corrected chi connectivity index (χ3v) is 6.10. The molecule has 0 aromatic carbocycles. The molecule has 0 aromatic rings. The van der Waals surface area contributed by atoms with Crippen LogP contribution in [-0.4, -0.2) is 32.2 Å². The second-order valence-corrected chi connectivity index (χ2v) is 11.8. The molecule has 0 spiro atoms. The van der Waals surface area contributed by atoms with Crippen LogP contribution in [0.3, 0.4) is 0 Å². The van der Waals surface area contributed by atoms with Gasteiger partial charge >= 0.3 is 0 Å². The number of amidine groups is 2. The standard InChI is InChI=1S/C20H34N6O2S2/c1-19(2,3)15(27)25-17(23)29-13(21)10-11-7-8-12(9-11)14(22)30-18(24)26-16(28)20(4,5)6/h11-12,21-22H,7-10H2,1-6H3,(H2,23,25,27)(H2,24,26,28)/t11-,12+/m0/s1. The fourth-order valence-corrected chi connectivity index (χ4v) is 4.14. The van der Waals surface area contributed by atoms with Crippen molar-refractivity contribution in [2.75, 3.05) is 0 Å². The van der Waals surface area contributed by atoms with E-state index >= 15 is 0 Å². The van der Waals surface area contributed by atoms with Crippen LogP contribution in [0, 0.1) is 33.5 Å². The lowest BCUT2D eigenvalue weighted by Crippen LogP contribution is -2.23. The molecule has 0 radical (unpaired) electrons. The molecule has 1 aliphatic carbocycles. The van der Waals surface area contributed by atoms with Gasteiger partial charge < -0.3 is 11.5 Å². The summed E-state index contributed by atoms with van der Waals surface area (Å²) in [6.45, 7) is 10.6. The Morgan fingerprint density at radius 2 is 1.37 bits per heavy atom. The van der Waals surface area contributed by atoms with Gasteiger partial charge in [0.25, 0.3) is 11.8 Å². The Kier molecular flexibility index (Phi) is 9.28. The average molecular weight is 455 g/mol. The summed E-state index contributed by atoms with van der Waals surface area (Å²) in [6.07, 6.45) is 3.03. The van der Waals surface area contributed by atoms with Gasteiger partial charge in [0.15, 0.2) is 10.3 Å². The minimum atomic E-state index is -0.605. The van der Waals surface area contributed by atoms with E-state index in [1.165, 1.54) is 0 Å². The largest absolute Gasteiger partial charge is 0.378 e. The first-order valence-electron chi connectivity index (χ1n) is 9.88. The first-order chi connectivity index (χ1) is 13.6. The van der Waals surface area contributed by atoms with Crippen LogP contribution in [0.4, 0.5) is 0 Å². The highest BCUT2D eigenvalue weighted by Crippen LogP contribution is 2.37. The molecule has 6 N–H and O–H groups in total. The molecule has 0 aromatic heterocycles. The van der Waals surface area contributed by atoms with E-state index in [9.17, 15) is 9.59 Å². The third kappa shape index (κ3) is 8.99. The molecular formula is C20H34N6O2S2. The lowest BCUT2D eigenvalue weighted by atomic mass is 9.96. The van der Waals surface area contributed by atoms with Gasteiger partial charge in [0.1, 0.15) is 0 Å². The number of carbonyl (C=O) groups excluding carboxylic acids is 2. The highest BCUT2D eigenvalue weighted by atomic mass is 32.2. The quantitative estimate of drug-likeness (QED) is 0.373.